The molecule has 1 aromatic heterocycles. The Hall–Kier alpha value is -1.61. The molecular weight excluding hydrogens is 282 g/mol. The lowest BCUT2D eigenvalue weighted by molar-refractivity contribution is 0.746. The molecular formula is C17H18ClN3. The van der Waals surface area contributed by atoms with Crippen molar-refractivity contribution in [2.75, 3.05) is 11.4 Å². The minimum atomic E-state index is 0.529. The number of benzene rings is 1. The molecule has 1 fully saturated rings. The summed E-state index contributed by atoms with van der Waals surface area (Å²) in [5.74, 6) is 2.44. The van der Waals surface area contributed by atoms with Crippen LogP contribution in [0.5, 0.6) is 0 Å². The maximum Gasteiger partial charge on any atom is 0.135 e. The van der Waals surface area contributed by atoms with Gasteiger partial charge in [0.1, 0.15) is 16.8 Å². The van der Waals surface area contributed by atoms with E-state index in [1.54, 1.807) is 0 Å². The number of hydrogen-bond acceptors (Lipinski definition) is 3. The number of hydrogen-bond donors (Lipinski definition) is 0. The van der Waals surface area contributed by atoms with E-state index >= 15 is 0 Å². The fourth-order valence-electron chi connectivity index (χ4n) is 3.01. The highest BCUT2D eigenvalue weighted by molar-refractivity contribution is 6.29. The van der Waals surface area contributed by atoms with Crippen LogP contribution in [0.15, 0.2) is 30.3 Å². The van der Waals surface area contributed by atoms with Crippen molar-refractivity contribution in [1.29, 1.82) is 0 Å². The molecule has 4 rings (SSSR count). The van der Waals surface area contributed by atoms with Gasteiger partial charge in [-0.2, -0.15) is 0 Å². The van der Waals surface area contributed by atoms with Crippen LogP contribution in [0.1, 0.15) is 42.1 Å². The van der Waals surface area contributed by atoms with Crippen molar-refractivity contribution >= 4 is 17.4 Å². The smallest absolute Gasteiger partial charge is 0.135 e. The number of fused-ring (bicyclic) bond motifs is 1. The highest BCUT2D eigenvalue weighted by Gasteiger charge is 2.28. The van der Waals surface area contributed by atoms with Crippen LogP contribution < -0.4 is 4.90 Å². The third-order valence-corrected chi connectivity index (χ3v) is 4.51. The molecule has 1 aliphatic heterocycles. The van der Waals surface area contributed by atoms with Gasteiger partial charge in [-0.1, -0.05) is 35.9 Å². The average molecular weight is 300 g/mol. The van der Waals surface area contributed by atoms with Crippen molar-refractivity contribution in [3.05, 3.63) is 52.4 Å². The Morgan fingerprint density at radius 3 is 2.71 bits per heavy atom. The van der Waals surface area contributed by atoms with Crippen LogP contribution in [-0.2, 0) is 13.0 Å². The van der Waals surface area contributed by atoms with Crippen LogP contribution in [-0.4, -0.2) is 16.5 Å². The maximum atomic E-state index is 6.20. The Kier molecular flexibility index (Phi) is 3.30. The van der Waals surface area contributed by atoms with Gasteiger partial charge in [-0.05, 0) is 36.8 Å². The summed E-state index contributed by atoms with van der Waals surface area (Å²) in [5, 5.41) is 0.569. The van der Waals surface area contributed by atoms with Gasteiger partial charge in [0.15, 0.2) is 0 Å². The predicted molar refractivity (Wildman–Crippen MR) is 84.8 cm³/mol. The van der Waals surface area contributed by atoms with E-state index in [0.29, 0.717) is 11.1 Å². The van der Waals surface area contributed by atoms with Gasteiger partial charge in [-0.15, -0.1) is 0 Å². The molecule has 0 amide bonds. The number of aryl methyl sites for hydroxylation is 1. The first-order valence-corrected chi connectivity index (χ1v) is 8.03. The fraction of sp³-hybridized carbons (Fsp3) is 0.412. The van der Waals surface area contributed by atoms with Crippen LogP contribution in [0, 0.1) is 0 Å². The van der Waals surface area contributed by atoms with Crippen LogP contribution >= 0.6 is 11.6 Å². The number of aromatic nitrogens is 2. The molecule has 2 aliphatic rings. The molecule has 1 aliphatic carbocycles. The minimum absolute atomic E-state index is 0.529. The van der Waals surface area contributed by atoms with Crippen LogP contribution in [0.4, 0.5) is 5.82 Å². The molecule has 1 saturated carbocycles. The number of anilines is 1. The van der Waals surface area contributed by atoms with Crippen molar-refractivity contribution in [3.8, 4) is 0 Å². The number of halogens is 1. The lowest BCUT2D eigenvalue weighted by atomic mass is 10.0. The van der Waals surface area contributed by atoms with Gasteiger partial charge in [-0.3, -0.25) is 0 Å². The first-order valence-electron chi connectivity index (χ1n) is 7.66. The van der Waals surface area contributed by atoms with Gasteiger partial charge < -0.3 is 4.90 Å². The summed E-state index contributed by atoms with van der Waals surface area (Å²) in [4.78, 5) is 11.5. The second-order valence-electron chi connectivity index (χ2n) is 5.98. The topological polar surface area (TPSA) is 29.0 Å². The van der Waals surface area contributed by atoms with Crippen molar-refractivity contribution in [2.24, 2.45) is 0 Å². The number of rotatable bonds is 2. The van der Waals surface area contributed by atoms with Crippen molar-refractivity contribution in [1.82, 2.24) is 9.97 Å². The van der Waals surface area contributed by atoms with Crippen molar-refractivity contribution in [3.63, 3.8) is 0 Å². The largest absolute Gasteiger partial charge is 0.352 e. The van der Waals surface area contributed by atoms with E-state index in [1.807, 2.05) is 6.07 Å². The third-order valence-electron chi connectivity index (χ3n) is 4.32. The van der Waals surface area contributed by atoms with Gasteiger partial charge in [0.25, 0.3) is 0 Å². The zero-order valence-electron chi connectivity index (χ0n) is 11.9. The van der Waals surface area contributed by atoms with E-state index in [2.05, 4.69) is 34.1 Å². The molecule has 2 aromatic rings. The summed E-state index contributed by atoms with van der Waals surface area (Å²) < 4.78 is 0. The molecule has 0 N–H and O–H groups in total. The highest BCUT2D eigenvalue weighted by Crippen LogP contribution is 2.39. The second kappa shape index (κ2) is 5.30. The molecule has 0 saturated heterocycles. The van der Waals surface area contributed by atoms with E-state index in [4.69, 9.17) is 16.6 Å². The monoisotopic (exact) mass is 299 g/mol. The average Bonchev–Trinajstić information content (AvgIpc) is 3.32. The summed E-state index contributed by atoms with van der Waals surface area (Å²) in [6.07, 6.45) is 4.68. The summed E-state index contributed by atoms with van der Waals surface area (Å²) in [6.45, 7) is 1.93. The highest BCUT2D eigenvalue weighted by atomic mass is 35.5. The van der Waals surface area contributed by atoms with Gasteiger partial charge >= 0.3 is 0 Å². The Bertz CT molecular complexity index is 667. The Morgan fingerprint density at radius 1 is 1.10 bits per heavy atom. The first-order chi connectivity index (χ1) is 10.3. The SMILES string of the molecule is Clc1cc(N2CCCc3ccccc3C2)nc(C2CC2)n1. The van der Waals surface area contributed by atoms with E-state index in [1.165, 1.54) is 24.0 Å². The molecule has 0 bridgehead atoms. The summed E-state index contributed by atoms with van der Waals surface area (Å²) >= 11 is 6.20. The van der Waals surface area contributed by atoms with E-state index in [0.717, 1.165) is 37.6 Å². The predicted octanol–water partition coefficient (Wildman–Crippen LogP) is 3.96. The molecule has 108 valence electrons. The van der Waals surface area contributed by atoms with Crippen LogP contribution in [0.2, 0.25) is 5.15 Å². The van der Waals surface area contributed by atoms with Gasteiger partial charge in [0.2, 0.25) is 0 Å². The van der Waals surface area contributed by atoms with Gasteiger partial charge in [-0.25, -0.2) is 9.97 Å². The molecule has 0 spiro atoms. The van der Waals surface area contributed by atoms with Crippen LogP contribution in [0.25, 0.3) is 0 Å². The summed E-state index contributed by atoms with van der Waals surface area (Å²) in [6, 6.07) is 10.6. The van der Waals surface area contributed by atoms with Gasteiger partial charge in [0, 0.05) is 25.1 Å². The Labute approximate surface area is 130 Å². The zero-order valence-corrected chi connectivity index (χ0v) is 12.7. The Morgan fingerprint density at radius 2 is 1.90 bits per heavy atom. The standard InChI is InChI=1S/C17H18ClN3/c18-15-10-16(20-17(19-15)13-7-8-13)21-9-3-6-12-4-1-2-5-14(12)11-21/h1-2,4-5,10,13H,3,6-9,11H2. The second-order valence-corrected chi connectivity index (χ2v) is 6.36. The van der Waals surface area contributed by atoms with Crippen molar-refractivity contribution in [2.45, 2.75) is 38.1 Å². The normalized spacial score (nSPS) is 18.2. The fourth-order valence-corrected chi connectivity index (χ4v) is 3.19. The molecule has 3 nitrogen and oxygen atoms in total. The van der Waals surface area contributed by atoms with Gasteiger partial charge in [0.05, 0.1) is 0 Å². The van der Waals surface area contributed by atoms with E-state index < -0.39 is 0 Å². The number of nitrogens with zero attached hydrogens (tertiary/aromatic N) is 3. The zero-order chi connectivity index (χ0) is 14.2. The molecule has 0 radical (unpaired) electrons. The lowest BCUT2D eigenvalue weighted by Gasteiger charge is -2.22. The molecule has 1 aromatic carbocycles. The lowest BCUT2D eigenvalue weighted by Crippen LogP contribution is -2.24. The maximum absolute atomic E-state index is 6.20. The minimum Gasteiger partial charge on any atom is -0.352 e. The van der Waals surface area contributed by atoms with Crippen LogP contribution in [0.3, 0.4) is 0 Å². The first kappa shape index (κ1) is 13.1. The quantitative estimate of drug-likeness (QED) is 0.786. The molecule has 2 heterocycles. The Balaban J connectivity index is 1.67. The summed E-state index contributed by atoms with van der Waals surface area (Å²) in [5.41, 5.74) is 2.86. The van der Waals surface area contributed by atoms with E-state index in [9.17, 15) is 0 Å². The van der Waals surface area contributed by atoms with Crippen molar-refractivity contribution < 1.29 is 0 Å². The molecule has 0 atom stereocenters. The van der Waals surface area contributed by atoms with E-state index in [-0.39, 0.29) is 0 Å². The molecule has 4 heteroatoms. The summed E-state index contributed by atoms with van der Waals surface area (Å²) in [7, 11) is 0. The third kappa shape index (κ3) is 2.75. The molecule has 21 heavy (non-hydrogen) atoms. The molecule has 0 unspecified atom stereocenters.